The standard InChI is InChI=1S/C19H15FN4/c1-12-9-13(5-7-17(12)20)18-16(3-2-8-22-18)14-4-6-15-10-23-19(21)24(15)11-14/h2-11H,1H3,(H2,21,23). The first-order valence-corrected chi connectivity index (χ1v) is 7.58. The number of hydrogen-bond acceptors (Lipinski definition) is 3. The quantitative estimate of drug-likeness (QED) is 0.605. The van der Waals surface area contributed by atoms with Crippen LogP contribution < -0.4 is 5.73 Å². The number of pyridine rings is 2. The summed E-state index contributed by atoms with van der Waals surface area (Å²) in [7, 11) is 0. The molecule has 0 aliphatic carbocycles. The lowest BCUT2D eigenvalue weighted by Crippen LogP contribution is -1.96. The molecule has 118 valence electrons. The summed E-state index contributed by atoms with van der Waals surface area (Å²) in [6.07, 6.45) is 5.41. The van der Waals surface area contributed by atoms with Gasteiger partial charge < -0.3 is 5.73 Å². The van der Waals surface area contributed by atoms with E-state index in [4.69, 9.17) is 5.73 Å². The number of aryl methyl sites for hydroxylation is 1. The van der Waals surface area contributed by atoms with Gasteiger partial charge in [-0.15, -0.1) is 0 Å². The number of nitrogens with zero attached hydrogens (tertiary/aromatic N) is 3. The van der Waals surface area contributed by atoms with Crippen molar-refractivity contribution in [3.8, 4) is 22.4 Å². The van der Waals surface area contributed by atoms with E-state index in [1.807, 2.05) is 40.9 Å². The zero-order valence-electron chi connectivity index (χ0n) is 13.1. The number of benzene rings is 1. The Labute approximate surface area is 138 Å². The first kappa shape index (κ1) is 14.4. The van der Waals surface area contributed by atoms with Crippen LogP contribution in [0.5, 0.6) is 0 Å². The highest BCUT2D eigenvalue weighted by atomic mass is 19.1. The fraction of sp³-hybridized carbons (Fsp3) is 0.0526. The summed E-state index contributed by atoms with van der Waals surface area (Å²) in [5.74, 6) is 0.221. The second-order valence-electron chi connectivity index (χ2n) is 5.69. The van der Waals surface area contributed by atoms with Crippen molar-refractivity contribution in [1.82, 2.24) is 14.4 Å². The number of fused-ring (bicyclic) bond motifs is 1. The highest BCUT2D eigenvalue weighted by Gasteiger charge is 2.11. The van der Waals surface area contributed by atoms with Crippen LogP contribution in [0.4, 0.5) is 10.3 Å². The molecule has 0 aliphatic heterocycles. The molecule has 0 unspecified atom stereocenters. The third-order valence-corrected chi connectivity index (χ3v) is 4.11. The predicted octanol–water partition coefficient (Wildman–Crippen LogP) is 4.09. The highest BCUT2D eigenvalue weighted by molar-refractivity contribution is 5.81. The van der Waals surface area contributed by atoms with Crippen LogP contribution in [0.1, 0.15) is 5.56 Å². The van der Waals surface area contributed by atoms with Gasteiger partial charge in [-0.1, -0.05) is 12.1 Å². The Morgan fingerprint density at radius 2 is 1.88 bits per heavy atom. The third-order valence-electron chi connectivity index (χ3n) is 4.11. The summed E-state index contributed by atoms with van der Waals surface area (Å²) >= 11 is 0. The molecule has 3 heterocycles. The van der Waals surface area contributed by atoms with Crippen LogP contribution in [0.15, 0.2) is 61.1 Å². The zero-order chi connectivity index (χ0) is 16.7. The number of anilines is 1. The van der Waals surface area contributed by atoms with Crippen LogP contribution in [0.2, 0.25) is 0 Å². The van der Waals surface area contributed by atoms with E-state index in [-0.39, 0.29) is 5.82 Å². The lowest BCUT2D eigenvalue weighted by atomic mass is 9.99. The Morgan fingerprint density at radius 3 is 2.71 bits per heavy atom. The minimum Gasteiger partial charge on any atom is -0.369 e. The molecule has 0 radical (unpaired) electrons. The maximum atomic E-state index is 13.6. The molecule has 4 aromatic rings. The van der Waals surface area contributed by atoms with Crippen molar-refractivity contribution < 1.29 is 4.39 Å². The molecular weight excluding hydrogens is 303 g/mol. The maximum Gasteiger partial charge on any atom is 0.204 e. The topological polar surface area (TPSA) is 56.2 Å². The van der Waals surface area contributed by atoms with Gasteiger partial charge in [-0.05, 0) is 42.8 Å². The van der Waals surface area contributed by atoms with Gasteiger partial charge >= 0.3 is 0 Å². The predicted molar refractivity (Wildman–Crippen MR) is 93.0 cm³/mol. The molecule has 0 bridgehead atoms. The fourth-order valence-electron chi connectivity index (χ4n) is 2.83. The van der Waals surface area contributed by atoms with Crippen molar-refractivity contribution in [1.29, 1.82) is 0 Å². The summed E-state index contributed by atoms with van der Waals surface area (Å²) in [5.41, 5.74) is 11.0. The summed E-state index contributed by atoms with van der Waals surface area (Å²) in [6.45, 7) is 1.75. The van der Waals surface area contributed by atoms with Gasteiger partial charge in [-0.3, -0.25) is 9.38 Å². The van der Waals surface area contributed by atoms with E-state index in [9.17, 15) is 4.39 Å². The summed E-state index contributed by atoms with van der Waals surface area (Å²) in [5, 5.41) is 0. The van der Waals surface area contributed by atoms with E-state index in [1.165, 1.54) is 6.07 Å². The van der Waals surface area contributed by atoms with Gasteiger partial charge in [0.15, 0.2) is 0 Å². The number of rotatable bonds is 2. The Balaban J connectivity index is 1.91. The average molecular weight is 318 g/mol. The molecule has 5 heteroatoms. The van der Waals surface area contributed by atoms with Crippen molar-refractivity contribution in [2.24, 2.45) is 0 Å². The third kappa shape index (κ3) is 2.31. The van der Waals surface area contributed by atoms with Crippen LogP contribution in [0, 0.1) is 12.7 Å². The molecule has 24 heavy (non-hydrogen) atoms. The molecule has 0 atom stereocenters. The van der Waals surface area contributed by atoms with Crippen molar-refractivity contribution in [2.75, 3.05) is 5.73 Å². The van der Waals surface area contributed by atoms with Crippen molar-refractivity contribution >= 4 is 11.5 Å². The number of aromatic nitrogens is 3. The molecule has 1 aromatic carbocycles. The van der Waals surface area contributed by atoms with Crippen molar-refractivity contribution in [3.05, 3.63) is 72.4 Å². The minimum absolute atomic E-state index is 0.219. The Bertz CT molecular complexity index is 1050. The van der Waals surface area contributed by atoms with Gasteiger partial charge in [-0.2, -0.15) is 0 Å². The molecule has 0 fully saturated rings. The molecule has 4 nitrogen and oxygen atoms in total. The number of hydrogen-bond donors (Lipinski definition) is 1. The first-order valence-electron chi connectivity index (χ1n) is 7.58. The Hall–Kier alpha value is -3.21. The minimum atomic E-state index is -0.219. The van der Waals surface area contributed by atoms with E-state index in [1.54, 1.807) is 25.4 Å². The molecule has 0 saturated heterocycles. The van der Waals surface area contributed by atoms with Crippen molar-refractivity contribution in [3.63, 3.8) is 0 Å². The first-order chi connectivity index (χ1) is 11.6. The molecule has 0 aliphatic rings. The summed E-state index contributed by atoms with van der Waals surface area (Å²) < 4.78 is 15.4. The van der Waals surface area contributed by atoms with Gasteiger partial charge in [0.1, 0.15) is 5.82 Å². The molecule has 2 N–H and O–H groups in total. The fourth-order valence-corrected chi connectivity index (χ4v) is 2.83. The lowest BCUT2D eigenvalue weighted by molar-refractivity contribution is 0.619. The van der Waals surface area contributed by atoms with E-state index in [0.29, 0.717) is 11.5 Å². The molecule has 0 amide bonds. The molecule has 0 spiro atoms. The number of imidazole rings is 1. The van der Waals surface area contributed by atoms with Crippen LogP contribution in [0.25, 0.3) is 27.9 Å². The second-order valence-corrected chi connectivity index (χ2v) is 5.69. The van der Waals surface area contributed by atoms with Gasteiger partial charge in [0.05, 0.1) is 17.4 Å². The zero-order valence-corrected chi connectivity index (χ0v) is 13.1. The summed E-state index contributed by atoms with van der Waals surface area (Å²) in [4.78, 5) is 8.62. The molecular formula is C19H15FN4. The van der Waals surface area contributed by atoms with Gasteiger partial charge in [0, 0.05) is 29.1 Å². The number of halogens is 1. The van der Waals surface area contributed by atoms with Gasteiger partial charge in [0.25, 0.3) is 0 Å². The van der Waals surface area contributed by atoms with Crippen LogP contribution in [-0.2, 0) is 0 Å². The van der Waals surface area contributed by atoms with E-state index < -0.39 is 0 Å². The smallest absolute Gasteiger partial charge is 0.204 e. The average Bonchev–Trinajstić information content (AvgIpc) is 2.98. The maximum absolute atomic E-state index is 13.6. The SMILES string of the molecule is Cc1cc(-c2ncccc2-c2ccc3cnc(N)n3c2)ccc1F. The Kier molecular flexibility index (Phi) is 3.27. The number of nitrogens with two attached hydrogens (primary N) is 1. The lowest BCUT2D eigenvalue weighted by Gasteiger charge is -2.10. The van der Waals surface area contributed by atoms with Crippen LogP contribution in [0.3, 0.4) is 0 Å². The van der Waals surface area contributed by atoms with Crippen molar-refractivity contribution in [2.45, 2.75) is 6.92 Å². The van der Waals surface area contributed by atoms with Gasteiger partial charge in [-0.25, -0.2) is 9.37 Å². The van der Waals surface area contributed by atoms with Crippen LogP contribution >= 0.6 is 0 Å². The summed E-state index contributed by atoms with van der Waals surface area (Å²) in [6, 6.07) is 12.9. The monoisotopic (exact) mass is 318 g/mol. The Morgan fingerprint density at radius 1 is 1.04 bits per heavy atom. The second kappa shape index (κ2) is 5.45. The normalized spacial score (nSPS) is 11.1. The highest BCUT2D eigenvalue weighted by Crippen LogP contribution is 2.31. The molecule has 4 rings (SSSR count). The largest absolute Gasteiger partial charge is 0.369 e. The van der Waals surface area contributed by atoms with E-state index >= 15 is 0 Å². The van der Waals surface area contributed by atoms with Crippen LogP contribution in [-0.4, -0.2) is 14.4 Å². The number of nitrogen functional groups attached to an aromatic ring is 1. The van der Waals surface area contributed by atoms with E-state index in [2.05, 4.69) is 9.97 Å². The van der Waals surface area contributed by atoms with E-state index in [0.717, 1.165) is 27.9 Å². The molecule has 3 aromatic heterocycles. The molecule has 0 saturated carbocycles. The van der Waals surface area contributed by atoms with Gasteiger partial charge in [0.2, 0.25) is 5.95 Å².